The number of nitrogens with two attached hydrogens (primary N) is 1. The summed E-state index contributed by atoms with van der Waals surface area (Å²) in [5.74, 6) is 0.501. The van der Waals surface area contributed by atoms with E-state index >= 15 is 0 Å². The van der Waals surface area contributed by atoms with Gasteiger partial charge in [0.05, 0.1) is 12.2 Å². The van der Waals surface area contributed by atoms with E-state index < -0.39 is 0 Å². The van der Waals surface area contributed by atoms with Crippen LogP contribution in [0.25, 0.3) is 0 Å². The molecule has 2 heterocycles. The summed E-state index contributed by atoms with van der Waals surface area (Å²) in [5.41, 5.74) is 6.51. The van der Waals surface area contributed by atoms with E-state index in [2.05, 4.69) is 32.3 Å². The molecule has 0 saturated heterocycles. The molecule has 0 aliphatic carbocycles. The Morgan fingerprint density at radius 3 is 2.93 bits per heavy atom. The van der Waals surface area contributed by atoms with Gasteiger partial charge < -0.3 is 5.73 Å². The van der Waals surface area contributed by atoms with E-state index in [-0.39, 0.29) is 0 Å². The molecule has 0 spiro atoms. The maximum absolute atomic E-state index is 5.60. The number of rotatable bonds is 2. The zero-order valence-electron chi connectivity index (χ0n) is 7.57. The van der Waals surface area contributed by atoms with Gasteiger partial charge >= 0.3 is 0 Å². The highest BCUT2D eigenvalue weighted by atomic mass is 79.9. The molecule has 14 heavy (non-hydrogen) atoms. The van der Waals surface area contributed by atoms with Crippen LogP contribution in [0.4, 0.5) is 5.82 Å². The Morgan fingerprint density at radius 1 is 1.64 bits per heavy atom. The lowest BCUT2D eigenvalue weighted by Crippen LogP contribution is -2.02. The third kappa shape index (κ3) is 1.80. The Morgan fingerprint density at radius 2 is 2.43 bits per heavy atom. The molecule has 0 aliphatic heterocycles. The molecule has 0 unspecified atom stereocenters. The summed E-state index contributed by atoms with van der Waals surface area (Å²) in [6.45, 7) is 2.64. The number of anilines is 1. The Hall–Kier alpha value is -0.880. The zero-order valence-corrected chi connectivity index (χ0v) is 9.97. The normalized spacial score (nSPS) is 10.7. The molecule has 2 N–H and O–H groups in total. The smallest absolute Gasteiger partial charge is 0.168 e. The first-order chi connectivity index (χ1) is 6.66. The van der Waals surface area contributed by atoms with E-state index in [0.29, 0.717) is 5.82 Å². The van der Waals surface area contributed by atoms with Crippen molar-refractivity contribution in [1.82, 2.24) is 15.0 Å². The molecule has 6 heteroatoms. The highest BCUT2D eigenvalue weighted by Crippen LogP contribution is 2.21. The number of hydrogen-bond donors (Lipinski definition) is 1. The lowest BCUT2D eigenvalue weighted by Gasteiger charge is -1.99. The van der Waals surface area contributed by atoms with Crippen LogP contribution in [0.2, 0.25) is 0 Å². The van der Waals surface area contributed by atoms with Crippen LogP contribution in [0.15, 0.2) is 15.9 Å². The summed E-state index contributed by atoms with van der Waals surface area (Å²) < 4.78 is 2.90. The quantitative estimate of drug-likeness (QED) is 0.911. The van der Waals surface area contributed by atoms with Gasteiger partial charge in [-0.3, -0.25) is 0 Å². The van der Waals surface area contributed by atoms with Crippen LogP contribution in [0, 0.1) is 6.92 Å². The van der Waals surface area contributed by atoms with Gasteiger partial charge in [-0.2, -0.15) is 0 Å². The minimum Gasteiger partial charge on any atom is -0.381 e. The zero-order chi connectivity index (χ0) is 10.1. The second-order valence-corrected chi connectivity index (χ2v) is 4.86. The van der Waals surface area contributed by atoms with Crippen molar-refractivity contribution in [2.45, 2.75) is 13.5 Å². The van der Waals surface area contributed by atoms with Crippen molar-refractivity contribution < 1.29 is 0 Å². The second kappa shape index (κ2) is 3.70. The van der Waals surface area contributed by atoms with Gasteiger partial charge in [-0.1, -0.05) is 5.21 Å². The van der Waals surface area contributed by atoms with Gasteiger partial charge in [0, 0.05) is 14.7 Å². The number of aromatic nitrogens is 3. The van der Waals surface area contributed by atoms with E-state index in [9.17, 15) is 0 Å². The Kier molecular flexibility index (Phi) is 2.56. The first-order valence-corrected chi connectivity index (χ1v) is 5.72. The van der Waals surface area contributed by atoms with Crippen LogP contribution in [-0.4, -0.2) is 15.0 Å². The molecule has 74 valence electrons. The van der Waals surface area contributed by atoms with E-state index in [1.165, 1.54) is 4.88 Å². The molecule has 0 saturated carbocycles. The summed E-state index contributed by atoms with van der Waals surface area (Å²) >= 11 is 5.10. The standard InChI is InChI=1S/C8H9BrN4S/c1-5-8(10)11-12-13(5)3-7-2-6(9)4-14-7/h2,4H,3,10H2,1H3. The Bertz CT molecular complexity index is 448. The summed E-state index contributed by atoms with van der Waals surface area (Å²) in [7, 11) is 0. The van der Waals surface area contributed by atoms with Crippen LogP contribution < -0.4 is 5.73 Å². The third-order valence-corrected chi connectivity index (χ3v) is 3.63. The van der Waals surface area contributed by atoms with E-state index in [1.54, 1.807) is 16.0 Å². The highest BCUT2D eigenvalue weighted by Gasteiger charge is 2.06. The SMILES string of the molecule is Cc1c(N)nnn1Cc1cc(Br)cs1. The monoisotopic (exact) mass is 272 g/mol. The van der Waals surface area contributed by atoms with Crippen LogP contribution in [0.1, 0.15) is 10.6 Å². The maximum Gasteiger partial charge on any atom is 0.168 e. The number of halogens is 1. The van der Waals surface area contributed by atoms with Crippen molar-refractivity contribution in [3.8, 4) is 0 Å². The molecular formula is C8H9BrN4S. The lowest BCUT2D eigenvalue weighted by molar-refractivity contribution is 0.639. The minimum absolute atomic E-state index is 0.501. The van der Waals surface area contributed by atoms with E-state index in [1.807, 2.05) is 12.3 Å². The number of thiophene rings is 1. The van der Waals surface area contributed by atoms with Crippen molar-refractivity contribution in [2.75, 3.05) is 5.73 Å². The van der Waals surface area contributed by atoms with Gasteiger partial charge in [-0.05, 0) is 28.9 Å². The van der Waals surface area contributed by atoms with Crippen molar-refractivity contribution in [1.29, 1.82) is 0 Å². The first kappa shape index (κ1) is 9.67. The largest absolute Gasteiger partial charge is 0.381 e. The third-order valence-electron chi connectivity index (χ3n) is 1.95. The molecule has 0 aromatic carbocycles. The lowest BCUT2D eigenvalue weighted by atomic mass is 10.4. The van der Waals surface area contributed by atoms with Gasteiger partial charge in [0.2, 0.25) is 0 Å². The van der Waals surface area contributed by atoms with Gasteiger partial charge in [-0.25, -0.2) is 4.68 Å². The van der Waals surface area contributed by atoms with Crippen molar-refractivity contribution in [2.24, 2.45) is 0 Å². The van der Waals surface area contributed by atoms with Crippen molar-refractivity contribution in [3.63, 3.8) is 0 Å². The number of nitrogen functional groups attached to an aromatic ring is 1. The summed E-state index contributed by atoms with van der Waals surface area (Å²) in [5, 5.41) is 9.80. The molecule has 0 aliphatic rings. The predicted octanol–water partition coefficient (Wildman–Crippen LogP) is 2.04. The fourth-order valence-corrected chi connectivity index (χ4v) is 2.54. The molecule has 4 nitrogen and oxygen atoms in total. The Labute approximate surface area is 93.9 Å². The first-order valence-electron chi connectivity index (χ1n) is 4.05. The number of hydrogen-bond acceptors (Lipinski definition) is 4. The van der Waals surface area contributed by atoms with Gasteiger partial charge in [0.25, 0.3) is 0 Å². The number of nitrogens with zero attached hydrogens (tertiary/aromatic N) is 3. The minimum atomic E-state index is 0.501. The highest BCUT2D eigenvalue weighted by molar-refractivity contribution is 9.10. The maximum atomic E-state index is 5.60. The van der Waals surface area contributed by atoms with Crippen molar-refractivity contribution >= 4 is 33.1 Å². The molecule has 0 atom stereocenters. The molecular weight excluding hydrogens is 264 g/mol. The molecule has 0 fully saturated rings. The Balaban J connectivity index is 2.22. The molecule has 2 rings (SSSR count). The summed E-state index contributed by atoms with van der Waals surface area (Å²) in [6.07, 6.45) is 0. The average molecular weight is 273 g/mol. The molecule has 0 bridgehead atoms. The topological polar surface area (TPSA) is 56.7 Å². The van der Waals surface area contributed by atoms with Gasteiger partial charge in [0.15, 0.2) is 5.82 Å². The molecule has 0 amide bonds. The van der Waals surface area contributed by atoms with Crippen molar-refractivity contribution in [3.05, 3.63) is 26.5 Å². The summed E-state index contributed by atoms with van der Waals surface area (Å²) in [4.78, 5) is 1.23. The van der Waals surface area contributed by atoms with Crippen LogP contribution in [-0.2, 0) is 6.54 Å². The van der Waals surface area contributed by atoms with Crippen LogP contribution in [0.3, 0.4) is 0 Å². The van der Waals surface area contributed by atoms with E-state index in [4.69, 9.17) is 5.73 Å². The molecule has 2 aromatic heterocycles. The fourth-order valence-electron chi connectivity index (χ4n) is 1.11. The molecule has 0 radical (unpaired) electrons. The van der Waals surface area contributed by atoms with E-state index in [0.717, 1.165) is 16.7 Å². The predicted molar refractivity (Wildman–Crippen MR) is 60.3 cm³/mol. The van der Waals surface area contributed by atoms with Gasteiger partial charge in [-0.15, -0.1) is 16.4 Å². The fraction of sp³-hybridized carbons (Fsp3) is 0.250. The van der Waals surface area contributed by atoms with Crippen LogP contribution >= 0.6 is 27.3 Å². The molecule has 2 aromatic rings. The van der Waals surface area contributed by atoms with Crippen LogP contribution in [0.5, 0.6) is 0 Å². The summed E-state index contributed by atoms with van der Waals surface area (Å²) in [6, 6.07) is 2.07. The second-order valence-electron chi connectivity index (χ2n) is 2.95. The average Bonchev–Trinajstić information content (AvgIpc) is 2.67. The van der Waals surface area contributed by atoms with Gasteiger partial charge in [0.1, 0.15) is 0 Å².